The van der Waals surface area contributed by atoms with Crippen LogP contribution in [-0.4, -0.2) is 68.5 Å². The summed E-state index contributed by atoms with van der Waals surface area (Å²) in [5.74, 6) is -0.119. The fourth-order valence-electron chi connectivity index (χ4n) is 4.37. The van der Waals surface area contributed by atoms with E-state index in [2.05, 4.69) is 20.6 Å². The van der Waals surface area contributed by atoms with Crippen molar-refractivity contribution in [2.24, 2.45) is 0 Å². The topological polar surface area (TPSA) is 114 Å². The normalized spacial score (nSPS) is 15.4. The SMILES string of the molecule is CC(=O)NCC(=O)N1CCC(Nc2nccc(-c3c(-c4ccc(F)cc4)nc4n3CCO4)n2)CC1. The van der Waals surface area contributed by atoms with Gasteiger partial charge in [-0.05, 0) is 43.2 Å². The molecule has 0 unspecified atom stereocenters. The number of hydrogen-bond donors (Lipinski definition) is 2. The number of anilines is 1. The van der Waals surface area contributed by atoms with Crippen LogP contribution in [0, 0.1) is 5.82 Å². The quantitative estimate of drug-likeness (QED) is 0.556. The van der Waals surface area contributed by atoms with Crippen LogP contribution in [0.5, 0.6) is 6.01 Å². The number of piperidine rings is 1. The first-order chi connectivity index (χ1) is 17.0. The summed E-state index contributed by atoms with van der Waals surface area (Å²) in [7, 11) is 0. The number of rotatable bonds is 6. The summed E-state index contributed by atoms with van der Waals surface area (Å²) in [6, 6.07) is 8.66. The van der Waals surface area contributed by atoms with E-state index in [4.69, 9.17) is 9.72 Å². The van der Waals surface area contributed by atoms with E-state index in [1.165, 1.54) is 19.1 Å². The molecule has 35 heavy (non-hydrogen) atoms. The van der Waals surface area contributed by atoms with Gasteiger partial charge in [0.15, 0.2) is 0 Å². The predicted molar refractivity (Wildman–Crippen MR) is 126 cm³/mol. The number of fused-ring (bicyclic) bond motifs is 1. The number of aromatic nitrogens is 4. The van der Waals surface area contributed by atoms with Crippen LogP contribution in [0.25, 0.3) is 22.6 Å². The molecule has 0 radical (unpaired) electrons. The largest absolute Gasteiger partial charge is 0.463 e. The predicted octanol–water partition coefficient (Wildman–Crippen LogP) is 2.08. The molecule has 0 aliphatic carbocycles. The highest BCUT2D eigenvalue weighted by Crippen LogP contribution is 2.36. The van der Waals surface area contributed by atoms with E-state index in [1.807, 2.05) is 10.6 Å². The van der Waals surface area contributed by atoms with Gasteiger partial charge in [0.25, 0.3) is 6.01 Å². The van der Waals surface area contributed by atoms with Crippen molar-refractivity contribution in [2.45, 2.75) is 32.4 Å². The van der Waals surface area contributed by atoms with Gasteiger partial charge in [0.2, 0.25) is 17.8 Å². The molecule has 5 rings (SSSR count). The summed E-state index contributed by atoms with van der Waals surface area (Å²) in [6.45, 7) is 3.79. The zero-order valence-corrected chi connectivity index (χ0v) is 19.3. The third kappa shape index (κ3) is 4.93. The van der Waals surface area contributed by atoms with Crippen LogP contribution in [0.15, 0.2) is 36.5 Å². The number of halogens is 1. The average molecular weight is 480 g/mol. The number of imidazole rings is 1. The van der Waals surface area contributed by atoms with E-state index in [1.54, 1.807) is 23.2 Å². The van der Waals surface area contributed by atoms with Gasteiger partial charge in [0.1, 0.15) is 18.1 Å². The van der Waals surface area contributed by atoms with Crippen molar-refractivity contribution < 1.29 is 18.7 Å². The molecule has 2 amide bonds. The molecule has 11 heteroatoms. The molecular formula is C24H26FN7O3. The maximum Gasteiger partial charge on any atom is 0.297 e. The lowest BCUT2D eigenvalue weighted by molar-refractivity contribution is -0.133. The van der Waals surface area contributed by atoms with E-state index in [0.717, 1.165) is 24.1 Å². The first-order valence-electron chi connectivity index (χ1n) is 11.6. The van der Waals surface area contributed by atoms with Crippen LogP contribution in [-0.2, 0) is 16.1 Å². The number of nitrogens with zero attached hydrogens (tertiary/aromatic N) is 5. The molecule has 0 bridgehead atoms. The van der Waals surface area contributed by atoms with Gasteiger partial charge in [0.05, 0.1) is 24.5 Å². The number of ether oxygens (including phenoxy) is 1. The van der Waals surface area contributed by atoms with Gasteiger partial charge >= 0.3 is 0 Å². The number of likely N-dealkylation sites (tertiary alicyclic amines) is 1. The second-order valence-electron chi connectivity index (χ2n) is 8.57. The zero-order valence-electron chi connectivity index (χ0n) is 19.3. The number of benzene rings is 1. The minimum atomic E-state index is -0.310. The summed E-state index contributed by atoms with van der Waals surface area (Å²) >= 11 is 0. The number of carbonyl (C=O) groups excluding carboxylic acids is 2. The van der Waals surface area contributed by atoms with Crippen molar-refractivity contribution in [2.75, 3.05) is 31.6 Å². The molecule has 0 spiro atoms. The molecule has 1 aromatic carbocycles. The Morgan fingerprint density at radius 3 is 2.63 bits per heavy atom. The fraction of sp³-hybridized carbons (Fsp3) is 0.375. The monoisotopic (exact) mass is 479 g/mol. The molecule has 2 aliphatic heterocycles. The first-order valence-corrected chi connectivity index (χ1v) is 11.6. The van der Waals surface area contributed by atoms with Crippen molar-refractivity contribution >= 4 is 17.8 Å². The van der Waals surface area contributed by atoms with Crippen LogP contribution < -0.4 is 15.4 Å². The third-order valence-corrected chi connectivity index (χ3v) is 6.16. The van der Waals surface area contributed by atoms with Crippen molar-refractivity contribution in [1.82, 2.24) is 29.7 Å². The maximum absolute atomic E-state index is 13.5. The molecule has 4 heterocycles. The lowest BCUT2D eigenvalue weighted by atomic mass is 10.1. The molecule has 1 saturated heterocycles. The van der Waals surface area contributed by atoms with Crippen LogP contribution in [0.4, 0.5) is 10.3 Å². The van der Waals surface area contributed by atoms with Crippen molar-refractivity contribution in [1.29, 1.82) is 0 Å². The standard InChI is InChI=1S/C24H26FN7O3/c1-15(33)27-14-20(34)31-10-7-18(8-11-31)28-23-26-9-6-19(29-23)22-21(16-2-4-17(25)5-3-16)30-24-32(22)12-13-35-24/h2-6,9,18H,7-8,10-14H2,1H3,(H,27,33)(H,26,28,29). The highest BCUT2D eigenvalue weighted by Gasteiger charge is 2.27. The molecule has 182 valence electrons. The molecule has 1 fully saturated rings. The van der Waals surface area contributed by atoms with Crippen LogP contribution in [0.3, 0.4) is 0 Å². The molecule has 0 saturated carbocycles. The van der Waals surface area contributed by atoms with Gasteiger partial charge in [-0.15, -0.1) is 0 Å². The summed E-state index contributed by atoms with van der Waals surface area (Å²) in [4.78, 5) is 38.8. The molecule has 0 atom stereocenters. The van der Waals surface area contributed by atoms with Crippen LogP contribution >= 0.6 is 0 Å². The fourth-order valence-corrected chi connectivity index (χ4v) is 4.37. The number of amides is 2. The number of hydrogen-bond acceptors (Lipinski definition) is 7. The number of nitrogens with one attached hydrogen (secondary N) is 2. The molecule has 2 N–H and O–H groups in total. The lowest BCUT2D eigenvalue weighted by Crippen LogP contribution is -2.46. The van der Waals surface area contributed by atoms with Gasteiger partial charge < -0.3 is 20.3 Å². The average Bonchev–Trinajstić information content (AvgIpc) is 3.45. The van der Waals surface area contributed by atoms with Gasteiger partial charge in [-0.25, -0.2) is 14.4 Å². The molecule has 2 aromatic heterocycles. The number of carbonyl (C=O) groups is 2. The Morgan fingerprint density at radius 1 is 1.11 bits per heavy atom. The Balaban J connectivity index is 1.31. The minimum Gasteiger partial charge on any atom is -0.463 e. The first kappa shape index (κ1) is 22.8. The summed E-state index contributed by atoms with van der Waals surface area (Å²) in [5.41, 5.74) is 2.94. The molecule has 10 nitrogen and oxygen atoms in total. The summed E-state index contributed by atoms with van der Waals surface area (Å²) in [5, 5.41) is 5.94. The third-order valence-electron chi connectivity index (χ3n) is 6.16. The molecule has 3 aromatic rings. The second kappa shape index (κ2) is 9.69. The van der Waals surface area contributed by atoms with Crippen molar-refractivity contribution in [3.8, 4) is 28.7 Å². The second-order valence-corrected chi connectivity index (χ2v) is 8.57. The van der Waals surface area contributed by atoms with Gasteiger partial charge in [-0.1, -0.05) is 0 Å². The Hall–Kier alpha value is -4.02. The van der Waals surface area contributed by atoms with E-state index >= 15 is 0 Å². The van der Waals surface area contributed by atoms with Gasteiger partial charge in [0, 0.05) is 37.8 Å². The Labute approximate surface area is 201 Å². The highest BCUT2D eigenvalue weighted by molar-refractivity contribution is 5.83. The van der Waals surface area contributed by atoms with Gasteiger partial charge in [-0.3, -0.25) is 14.2 Å². The van der Waals surface area contributed by atoms with Crippen LogP contribution in [0.2, 0.25) is 0 Å². The molecule has 2 aliphatic rings. The lowest BCUT2D eigenvalue weighted by Gasteiger charge is -2.32. The van der Waals surface area contributed by atoms with E-state index < -0.39 is 0 Å². The van der Waals surface area contributed by atoms with E-state index in [0.29, 0.717) is 49.6 Å². The maximum atomic E-state index is 13.5. The summed E-state index contributed by atoms with van der Waals surface area (Å²) in [6.07, 6.45) is 3.19. The zero-order chi connectivity index (χ0) is 24.4. The molecular weight excluding hydrogens is 453 g/mol. The smallest absolute Gasteiger partial charge is 0.297 e. The Kier molecular flexibility index (Phi) is 6.30. The Morgan fingerprint density at radius 2 is 1.89 bits per heavy atom. The minimum absolute atomic E-state index is 0.0222. The van der Waals surface area contributed by atoms with Crippen molar-refractivity contribution in [3.63, 3.8) is 0 Å². The van der Waals surface area contributed by atoms with Crippen molar-refractivity contribution in [3.05, 3.63) is 42.3 Å². The van der Waals surface area contributed by atoms with E-state index in [-0.39, 0.29) is 30.2 Å². The van der Waals surface area contributed by atoms with E-state index in [9.17, 15) is 14.0 Å². The Bertz CT molecular complexity index is 1240. The van der Waals surface area contributed by atoms with Crippen LogP contribution in [0.1, 0.15) is 19.8 Å². The highest BCUT2D eigenvalue weighted by atomic mass is 19.1. The summed E-state index contributed by atoms with van der Waals surface area (Å²) < 4.78 is 21.1. The van der Waals surface area contributed by atoms with Gasteiger partial charge in [-0.2, -0.15) is 4.98 Å².